The number of halogens is 1. The molecule has 2 aromatic rings. The first-order chi connectivity index (χ1) is 13.9. The van der Waals surface area contributed by atoms with E-state index in [4.69, 9.17) is 0 Å². The maximum absolute atomic E-state index is 13.5. The first-order valence-corrected chi connectivity index (χ1v) is 10.4. The number of aryl methyl sites for hydroxylation is 1. The van der Waals surface area contributed by atoms with Crippen LogP contribution in [0, 0.1) is 12.7 Å². The summed E-state index contributed by atoms with van der Waals surface area (Å²) in [5.41, 5.74) is 0.651. The van der Waals surface area contributed by atoms with Gasteiger partial charge >= 0.3 is 0 Å². The van der Waals surface area contributed by atoms with Crippen molar-refractivity contribution in [2.75, 3.05) is 26.2 Å². The highest BCUT2D eigenvalue weighted by molar-refractivity contribution is 7.13. The van der Waals surface area contributed by atoms with E-state index in [1.54, 1.807) is 21.9 Å². The molecule has 0 spiro atoms. The van der Waals surface area contributed by atoms with Crippen LogP contribution in [0.1, 0.15) is 26.5 Å². The largest absolute Gasteiger partial charge is 0.336 e. The maximum Gasteiger partial charge on any atom is 0.263 e. The Labute approximate surface area is 172 Å². The minimum absolute atomic E-state index is 0.0239. The first-order valence-electron chi connectivity index (χ1n) is 9.61. The van der Waals surface area contributed by atoms with Gasteiger partial charge in [-0.25, -0.2) is 4.39 Å². The van der Waals surface area contributed by atoms with Crippen molar-refractivity contribution in [1.82, 2.24) is 14.7 Å². The third-order valence-electron chi connectivity index (χ3n) is 5.40. The highest BCUT2D eigenvalue weighted by Gasteiger charge is 2.41. The molecule has 0 N–H and O–H groups in total. The van der Waals surface area contributed by atoms with Crippen LogP contribution in [-0.4, -0.2) is 64.6 Å². The van der Waals surface area contributed by atoms with Crippen LogP contribution in [0.25, 0.3) is 0 Å². The minimum atomic E-state index is -0.576. The van der Waals surface area contributed by atoms with Crippen molar-refractivity contribution >= 4 is 29.1 Å². The van der Waals surface area contributed by atoms with Gasteiger partial charge in [0.25, 0.3) is 5.91 Å². The van der Waals surface area contributed by atoms with Crippen LogP contribution in [-0.2, 0) is 16.1 Å². The van der Waals surface area contributed by atoms with Crippen molar-refractivity contribution < 1.29 is 18.8 Å². The van der Waals surface area contributed by atoms with Gasteiger partial charge in [0.05, 0.1) is 4.88 Å². The Bertz CT molecular complexity index is 960. The number of thiophene rings is 1. The molecule has 2 fully saturated rings. The number of carbonyl (C=O) groups is 3. The van der Waals surface area contributed by atoms with Crippen molar-refractivity contribution in [3.05, 3.63) is 57.5 Å². The summed E-state index contributed by atoms with van der Waals surface area (Å²) in [6.07, 6.45) is 0.403. The second-order valence-electron chi connectivity index (χ2n) is 7.42. The molecule has 29 heavy (non-hydrogen) atoms. The van der Waals surface area contributed by atoms with E-state index in [1.165, 1.54) is 28.4 Å². The van der Waals surface area contributed by atoms with E-state index in [0.29, 0.717) is 36.5 Å². The Morgan fingerprint density at radius 3 is 2.72 bits per heavy atom. The SMILES string of the molecule is Cc1ccc(C(=O)N2CCC3C(=O)N(Cc4cccc(F)c4)CC(=O)N3CC2)s1. The zero-order chi connectivity index (χ0) is 20.5. The summed E-state index contributed by atoms with van der Waals surface area (Å²) in [6.45, 7) is 3.31. The van der Waals surface area contributed by atoms with Crippen LogP contribution >= 0.6 is 11.3 Å². The van der Waals surface area contributed by atoms with Crippen LogP contribution < -0.4 is 0 Å². The number of piperazine rings is 1. The van der Waals surface area contributed by atoms with Crippen molar-refractivity contribution in [2.24, 2.45) is 0 Å². The van der Waals surface area contributed by atoms with Crippen molar-refractivity contribution in [3.8, 4) is 0 Å². The number of nitrogens with zero attached hydrogens (tertiary/aromatic N) is 3. The summed E-state index contributed by atoms with van der Waals surface area (Å²) in [7, 11) is 0. The fourth-order valence-corrected chi connectivity index (χ4v) is 4.76. The second kappa shape index (κ2) is 7.94. The van der Waals surface area contributed by atoms with Gasteiger partial charge in [0, 0.05) is 31.1 Å². The number of amides is 3. The predicted octanol–water partition coefficient (Wildman–Crippen LogP) is 2.28. The number of carbonyl (C=O) groups excluding carboxylic acids is 3. The number of rotatable bonds is 3. The summed E-state index contributed by atoms with van der Waals surface area (Å²) in [5, 5.41) is 0. The van der Waals surface area contributed by atoms with Crippen LogP contribution in [0.2, 0.25) is 0 Å². The summed E-state index contributed by atoms with van der Waals surface area (Å²) >= 11 is 1.45. The zero-order valence-electron chi connectivity index (χ0n) is 16.1. The molecule has 6 nitrogen and oxygen atoms in total. The molecule has 2 aliphatic rings. The molecule has 2 saturated heterocycles. The van der Waals surface area contributed by atoms with Gasteiger partial charge in [-0.1, -0.05) is 12.1 Å². The lowest BCUT2D eigenvalue weighted by atomic mass is 10.1. The maximum atomic E-state index is 13.5. The summed E-state index contributed by atoms with van der Waals surface area (Å²) in [4.78, 5) is 45.1. The molecule has 2 aliphatic heterocycles. The molecule has 1 atom stereocenters. The number of benzene rings is 1. The van der Waals surface area contributed by atoms with Gasteiger partial charge in [-0.3, -0.25) is 14.4 Å². The molecule has 0 bridgehead atoms. The molecule has 4 rings (SSSR count). The number of hydrogen-bond donors (Lipinski definition) is 0. The van der Waals surface area contributed by atoms with E-state index in [-0.39, 0.29) is 36.6 Å². The Balaban J connectivity index is 1.47. The molecule has 0 radical (unpaired) electrons. The van der Waals surface area contributed by atoms with Gasteiger partial charge in [0.2, 0.25) is 11.8 Å². The molecule has 0 saturated carbocycles. The molecular formula is C21H22FN3O3S. The Morgan fingerprint density at radius 2 is 2.00 bits per heavy atom. The third kappa shape index (κ3) is 4.03. The van der Waals surface area contributed by atoms with E-state index in [1.807, 2.05) is 19.1 Å². The highest BCUT2D eigenvalue weighted by atomic mass is 32.1. The van der Waals surface area contributed by atoms with Gasteiger partial charge in [-0.05, 0) is 43.2 Å². The molecule has 1 unspecified atom stereocenters. The van der Waals surface area contributed by atoms with Crippen LogP contribution in [0.4, 0.5) is 4.39 Å². The lowest BCUT2D eigenvalue weighted by Gasteiger charge is -2.39. The van der Waals surface area contributed by atoms with Gasteiger partial charge in [0.1, 0.15) is 18.4 Å². The van der Waals surface area contributed by atoms with E-state index in [0.717, 1.165) is 4.88 Å². The average Bonchev–Trinajstić information content (AvgIpc) is 2.99. The molecular weight excluding hydrogens is 393 g/mol. The van der Waals surface area contributed by atoms with Crippen LogP contribution in [0.3, 0.4) is 0 Å². The van der Waals surface area contributed by atoms with E-state index in [2.05, 4.69) is 0 Å². The predicted molar refractivity (Wildman–Crippen MR) is 107 cm³/mol. The van der Waals surface area contributed by atoms with Crippen LogP contribution in [0.15, 0.2) is 36.4 Å². The second-order valence-corrected chi connectivity index (χ2v) is 8.71. The quantitative estimate of drug-likeness (QED) is 0.773. The summed E-state index contributed by atoms with van der Waals surface area (Å²) in [6, 6.07) is 9.21. The molecule has 3 amide bonds. The highest BCUT2D eigenvalue weighted by Crippen LogP contribution is 2.23. The number of fused-ring (bicyclic) bond motifs is 1. The Kier molecular flexibility index (Phi) is 5.36. The molecule has 1 aromatic heterocycles. The van der Waals surface area contributed by atoms with Crippen molar-refractivity contribution in [2.45, 2.75) is 25.9 Å². The number of hydrogen-bond acceptors (Lipinski definition) is 4. The Hall–Kier alpha value is -2.74. The first kappa shape index (κ1) is 19.6. The molecule has 0 aliphatic carbocycles. The standard InChI is InChI=1S/C21H22FN3O3S/c1-14-5-6-18(29-14)21(28)23-8-7-17-20(27)24(13-19(26)25(17)10-9-23)12-15-3-2-4-16(22)11-15/h2-6,11,17H,7-10,12-13H2,1H3. The Morgan fingerprint density at radius 1 is 1.17 bits per heavy atom. The summed E-state index contributed by atoms with van der Waals surface area (Å²) in [5.74, 6) is -0.700. The van der Waals surface area contributed by atoms with Crippen molar-refractivity contribution in [3.63, 3.8) is 0 Å². The van der Waals surface area contributed by atoms with E-state index < -0.39 is 6.04 Å². The molecule has 152 valence electrons. The van der Waals surface area contributed by atoms with Gasteiger partial charge < -0.3 is 14.7 Å². The molecule has 1 aromatic carbocycles. The van der Waals surface area contributed by atoms with Gasteiger partial charge in [0.15, 0.2) is 0 Å². The summed E-state index contributed by atoms with van der Waals surface area (Å²) < 4.78 is 13.5. The lowest BCUT2D eigenvalue weighted by molar-refractivity contribution is -0.156. The fraction of sp³-hybridized carbons (Fsp3) is 0.381. The van der Waals surface area contributed by atoms with Gasteiger partial charge in [-0.2, -0.15) is 0 Å². The molecule has 8 heteroatoms. The van der Waals surface area contributed by atoms with E-state index in [9.17, 15) is 18.8 Å². The van der Waals surface area contributed by atoms with Crippen molar-refractivity contribution in [1.29, 1.82) is 0 Å². The average molecular weight is 415 g/mol. The zero-order valence-corrected chi connectivity index (χ0v) is 17.0. The minimum Gasteiger partial charge on any atom is -0.336 e. The topological polar surface area (TPSA) is 60.9 Å². The van der Waals surface area contributed by atoms with E-state index >= 15 is 0 Å². The fourth-order valence-electron chi connectivity index (χ4n) is 3.93. The third-order valence-corrected chi connectivity index (χ3v) is 6.39. The lowest BCUT2D eigenvalue weighted by Crippen LogP contribution is -2.59. The normalized spacial score (nSPS) is 19.9. The molecule has 3 heterocycles. The van der Waals surface area contributed by atoms with Gasteiger partial charge in [-0.15, -0.1) is 11.3 Å². The van der Waals surface area contributed by atoms with Crippen LogP contribution in [0.5, 0.6) is 0 Å². The smallest absolute Gasteiger partial charge is 0.263 e. The monoisotopic (exact) mass is 415 g/mol.